The van der Waals surface area contributed by atoms with Crippen molar-refractivity contribution in [2.45, 2.75) is 0 Å². The largest absolute Gasteiger partial charge is 0.311 e. The minimum Gasteiger partial charge on any atom is -0.311 e. The highest BCUT2D eigenvalue weighted by Crippen LogP contribution is 2.40. The van der Waals surface area contributed by atoms with Gasteiger partial charge in [0.05, 0.1) is 29.3 Å². The predicted octanol–water partition coefficient (Wildman–Crippen LogP) is 12.6. The second-order valence-corrected chi connectivity index (χ2v) is 12.6. The van der Waals surface area contributed by atoms with E-state index in [1.54, 1.807) is 12.1 Å². The zero-order valence-electron chi connectivity index (χ0n) is 28.3. The van der Waals surface area contributed by atoms with Gasteiger partial charge in [-0.1, -0.05) is 109 Å². The molecule has 0 saturated carbocycles. The lowest BCUT2D eigenvalue weighted by Gasteiger charge is -2.26. The molecule has 0 radical (unpaired) electrons. The maximum atomic E-state index is 9.70. The van der Waals surface area contributed by atoms with E-state index in [1.807, 2.05) is 78.9 Å². The smallest absolute Gasteiger partial charge is 0.194 e. The molecule has 0 amide bonds. The van der Waals surface area contributed by atoms with Gasteiger partial charge in [0.25, 0.3) is 0 Å². The van der Waals surface area contributed by atoms with Crippen molar-refractivity contribution in [3.8, 4) is 51.6 Å². The van der Waals surface area contributed by atoms with Crippen molar-refractivity contribution in [1.29, 1.82) is 15.8 Å². The Hall–Kier alpha value is -7.96. The van der Waals surface area contributed by atoms with Crippen LogP contribution in [0.3, 0.4) is 0 Å². The van der Waals surface area contributed by atoms with E-state index in [4.69, 9.17) is 6.57 Å². The van der Waals surface area contributed by atoms with Crippen LogP contribution in [0, 0.1) is 40.6 Å². The first kappa shape index (κ1) is 32.3. The zero-order chi connectivity index (χ0) is 36.3. The van der Waals surface area contributed by atoms with Gasteiger partial charge in [0.1, 0.15) is 12.1 Å². The zero-order valence-corrected chi connectivity index (χ0v) is 28.3. The number of fused-ring (bicyclic) bond motifs is 2. The first-order valence-electron chi connectivity index (χ1n) is 17.0. The molecule has 0 atom stereocenters. The van der Waals surface area contributed by atoms with Gasteiger partial charge in [0, 0.05) is 22.4 Å². The van der Waals surface area contributed by atoms with Crippen LogP contribution in [0.5, 0.6) is 0 Å². The molecule has 0 bridgehead atoms. The lowest BCUT2D eigenvalue weighted by atomic mass is 9.95. The summed E-state index contributed by atoms with van der Waals surface area (Å²) >= 11 is 0. The molecule has 8 aromatic carbocycles. The standard InChI is InChI=1S/C48H27N5/c1-52-48-27-26-44(46-8-4-5-9-47(46)48)34-16-23-41(24-17-34)53(39-19-12-32(13-20-39)35-10-11-36(29-49)38(28-35)31-51)40-21-14-33(15-22-40)43-25-18-37(30-50)42-6-2-3-7-45(42)43/h2-28H. The first-order valence-corrected chi connectivity index (χ1v) is 17.0. The third kappa shape index (κ3) is 5.88. The highest BCUT2D eigenvalue weighted by atomic mass is 15.1. The van der Waals surface area contributed by atoms with Crippen molar-refractivity contribution >= 4 is 44.3 Å². The molecule has 0 saturated heterocycles. The molecular weight excluding hydrogens is 647 g/mol. The van der Waals surface area contributed by atoms with Gasteiger partial charge in [-0.25, -0.2) is 4.85 Å². The van der Waals surface area contributed by atoms with Crippen LogP contribution in [-0.4, -0.2) is 0 Å². The van der Waals surface area contributed by atoms with Crippen LogP contribution in [0.1, 0.15) is 16.7 Å². The Kier molecular flexibility index (Phi) is 8.37. The molecule has 0 aromatic heterocycles. The van der Waals surface area contributed by atoms with Crippen LogP contribution in [0.25, 0.3) is 59.8 Å². The quantitative estimate of drug-likeness (QED) is 0.165. The summed E-state index contributed by atoms with van der Waals surface area (Å²) in [7, 11) is 0. The minimum absolute atomic E-state index is 0.349. The highest BCUT2D eigenvalue weighted by Gasteiger charge is 2.16. The fourth-order valence-electron chi connectivity index (χ4n) is 7.02. The van der Waals surface area contributed by atoms with Gasteiger partial charge >= 0.3 is 0 Å². The Bertz CT molecular complexity index is 2720. The number of anilines is 3. The fourth-order valence-corrected chi connectivity index (χ4v) is 7.02. The van der Waals surface area contributed by atoms with Crippen LogP contribution < -0.4 is 4.90 Å². The van der Waals surface area contributed by atoms with E-state index in [1.165, 1.54) is 0 Å². The third-order valence-electron chi connectivity index (χ3n) is 9.66. The van der Waals surface area contributed by atoms with Gasteiger partial charge in [-0.05, 0) is 104 Å². The monoisotopic (exact) mass is 673 g/mol. The molecule has 0 aliphatic carbocycles. The average Bonchev–Trinajstić information content (AvgIpc) is 3.23. The molecular formula is C48H27N5. The summed E-state index contributed by atoms with van der Waals surface area (Å²) in [6.07, 6.45) is 0. The van der Waals surface area contributed by atoms with E-state index < -0.39 is 0 Å². The predicted molar refractivity (Wildman–Crippen MR) is 213 cm³/mol. The van der Waals surface area contributed by atoms with Crippen LogP contribution >= 0.6 is 0 Å². The van der Waals surface area contributed by atoms with Crippen LogP contribution in [0.4, 0.5) is 22.7 Å². The molecule has 5 nitrogen and oxygen atoms in total. The molecule has 0 heterocycles. The fraction of sp³-hybridized carbons (Fsp3) is 0. The van der Waals surface area contributed by atoms with Gasteiger partial charge in [-0.15, -0.1) is 0 Å². The van der Waals surface area contributed by atoms with Crippen molar-refractivity contribution in [2.75, 3.05) is 4.90 Å². The van der Waals surface area contributed by atoms with Crippen LogP contribution in [-0.2, 0) is 0 Å². The van der Waals surface area contributed by atoms with E-state index in [2.05, 4.69) is 101 Å². The van der Waals surface area contributed by atoms with E-state index in [0.29, 0.717) is 22.4 Å². The number of benzene rings is 8. The first-order chi connectivity index (χ1) is 26.1. The number of rotatable bonds is 6. The summed E-state index contributed by atoms with van der Waals surface area (Å²) in [5, 5.41) is 32.6. The lowest BCUT2D eigenvalue weighted by Crippen LogP contribution is -2.09. The highest BCUT2D eigenvalue weighted by molar-refractivity contribution is 6.04. The molecule has 53 heavy (non-hydrogen) atoms. The number of hydrogen-bond acceptors (Lipinski definition) is 4. The molecule has 0 aliphatic heterocycles. The van der Waals surface area contributed by atoms with Gasteiger partial charge in [0.2, 0.25) is 0 Å². The van der Waals surface area contributed by atoms with E-state index in [0.717, 1.165) is 72.0 Å². The van der Waals surface area contributed by atoms with Crippen molar-refractivity contribution in [2.24, 2.45) is 0 Å². The SMILES string of the molecule is [C-]#[N+]c1ccc(-c2ccc(N(c3ccc(-c4ccc(C#N)c(C#N)c4)cc3)c3ccc(-c4ccc(C#N)c5ccccc45)cc3)cc2)c2ccccc12. The molecule has 0 fully saturated rings. The summed E-state index contributed by atoms with van der Waals surface area (Å²) < 4.78 is 0. The Balaban J connectivity index is 1.21. The normalized spacial score (nSPS) is 10.6. The molecule has 8 aromatic rings. The molecule has 5 heteroatoms. The van der Waals surface area contributed by atoms with Crippen molar-refractivity contribution in [1.82, 2.24) is 0 Å². The molecule has 0 unspecified atom stereocenters. The molecule has 244 valence electrons. The second kappa shape index (κ2) is 13.7. The third-order valence-corrected chi connectivity index (χ3v) is 9.66. The van der Waals surface area contributed by atoms with Crippen LogP contribution in [0.15, 0.2) is 164 Å². The van der Waals surface area contributed by atoms with Gasteiger partial charge in [0.15, 0.2) is 5.69 Å². The van der Waals surface area contributed by atoms with E-state index >= 15 is 0 Å². The van der Waals surface area contributed by atoms with Crippen LogP contribution in [0.2, 0.25) is 0 Å². The van der Waals surface area contributed by atoms with Gasteiger partial charge in [-0.2, -0.15) is 15.8 Å². The lowest BCUT2D eigenvalue weighted by molar-refractivity contribution is 1.28. The Labute approximate surface area is 307 Å². The number of nitriles is 3. The second-order valence-electron chi connectivity index (χ2n) is 12.6. The summed E-state index contributed by atoms with van der Waals surface area (Å²) in [6.45, 7) is 7.63. The number of hydrogen-bond donors (Lipinski definition) is 0. The van der Waals surface area contributed by atoms with Gasteiger partial charge < -0.3 is 4.90 Å². The summed E-state index contributed by atoms with van der Waals surface area (Å²) in [5.74, 6) is 0. The molecule has 0 spiro atoms. The number of nitrogens with zero attached hydrogens (tertiary/aromatic N) is 5. The maximum Gasteiger partial charge on any atom is 0.194 e. The Morgan fingerprint density at radius 1 is 0.396 bits per heavy atom. The molecule has 0 N–H and O–H groups in total. The summed E-state index contributed by atoms with van der Waals surface area (Å²) in [5.41, 5.74) is 10.9. The summed E-state index contributed by atoms with van der Waals surface area (Å²) in [4.78, 5) is 5.93. The Morgan fingerprint density at radius 2 is 0.830 bits per heavy atom. The van der Waals surface area contributed by atoms with Crippen molar-refractivity contribution in [3.63, 3.8) is 0 Å². The van der Waals surface area contributed by atoms with Gasteiger partial charge in [-0.3, -0.25) is 0 Å². The minimum atomic E-state index is 0.349. The molecule has 0 aliphatic rings. The molecule has 8 rings (SSSR count). The average molecular weight is 674 g/mol. The van der Waals surface area contributed by atoms with Crippen molar-refractivity contribution in [3.05, 3.63) is 192 Å². The maximum absolute atomic E-state index is 9.70. The topological polar surface area (TPSA) is 79.0 Å². The summed E-state index contributed by atoms with van der Waals surface area (Å²) in [6, 6.07) is 60.8. The Morgan fingerprint density at radius 3 is 1.36 bits per heavy atom. The van der Waals surface area contributed by atoms with E-state index in [-0.39, 0.29) is 0 Å². The van der Waals surface area contributed by atoms with Crippen molar-refractivity contribution < 1.29 is 0 Å². The van der Waals surface area contributed by atoms with E-state index in [9.17, 15) is 15.8 Å².